The lowest BCUT2D eigenvalue weighted by molar-refractivity contribution is -0.123. The lowest BCUT2D eigenvalue weighted by atomic mass is 10.0. The smallest absolute Gasteiger partial charge is 0.220 e. The summed E-state index contributed by atoms with van der Waals surface area (Å²) in [5, 5.41) is 22.8. The van der Waals surface area contributed by atoms with Crippen LogP contribution >= 0.6 is 0 Å². The molecule has 0 aromatic carbocycles. The van der Waals surface area contributed by atoms with Crippen molar-refractivity contribution in [3.8, 4) is 0 Å². The van der Waals surface area contributed by atoms with Crippen LogP contribution in [0.4, 0.5) is 0 Å². The number of allylic oxidation sites excluding steroid dienone is 2. The van der Waals surface area contributed by atoms with Gasteiger partial charge in [0.1, 0.15) is 0 Å². The summed E-state index contributed by atoms with van der Waals surface area (Å²) in [5.41, 5.74) is 0. The summed E-state index contributed by atoms with van der Waals surface area (Å²) in [4.78, 5) is 12.2. The van der Waals surface area contributed by atoms with E-state index < -0.39 is 12.1 Å². The molecule has 0 heterocycles. The monoisotopic (exact) mass is 495 g/mol. The van der Waals surface area contributed by atoms with E-state index in [0.29, 0.717) is 12.8 Å². The Balaban J connectivity index is 3.62. The highest BCUT2D eigenvalue weighted by Crippen LogP contribution is 2.14. The van der Waals surface area contributed by atoms with Crippen molar-refractivity contribution in [2.75, 3.05) is 6.61 Å². The molecule has 2 unspecified atom stereocenters. The fraction of sp³-hybridized carbons (Fsp3) is 0.903. The Morgan fingerprint density at radius 3 is 1.57 bits per heavy atom. The second kappa shape index (κ2) is 27.7. The zero-order valence-electron chi connectivity index (χ0n) is 23.6. The molecule has 1 amide bonds. The number of unbranched alkanes of at least 4 members (excludes halogenated alkanes) is 18. The number of carbonyl (C=O) groups is 1. The number of aliphatic hydroxyl groups excluding tert-OH is 2. The summed E-state index contributed by atoms with van der Waals surface area (Å²) in [5.74, 6) is -0.0691. The molecule has 4 nitrogen and oxygen atoms in total. The minimum Gasteiger partial charge on any atom is -0.394 e. The highest BCUT2D eigenvalue weighted by molar-refractivity contribution is 5.76. The van der Waals surface area contributed by atoms with Crippen LogP contribution in [0.3, 0.4) is 0 Å². The first kappa shape index (κ1) is 34.1. The van der Waals surface area contributed by atoms with E-state index in [2.05, 4.69) is 31.3 Å². The first-order valence-electron chi connectivity index (χ1n) is 15.4. The van der Waals surface area contributed by atoms with Gasteiger partial charge in [-0.15, -0.1) is 0 Å². The number of rotatable bonds is 27. The molecular weight excluding hydrogens is 434 g/mol. The predicted octanol–water partition coefficient (Wildman–Crippen LogP) is 8.39. The molecule has 208 valence electrons. The van der Waals surface area contributed by atoms with Crippen LogP contribution in [0.5, 0.6) is 0 Å². The molecule has 0 spiro atoms. The third kappa shape index (κ3) is 24.6. The fourth-order valence-electron chi connectivity index (χ4n) is 4.60. The number of aliphatic hydroxyl groups is 2. The van der Waals surface area contributed by atoms with Gasteiger partial charge in [-0.3, -0.25) is 4.79 Å². The van der Waals surface area contributed by atoms with Crippen molar-refractivity contribution in [3.63, 3.8) is 0 Å². The maximum Gasteiger partial charge on any atom is 0.220 e. The SMILES string of the molecule is CCCCCC/C=C\CCCC(=O)NC(CO)C(O)CCCCCCCCCCCCCCCC. The Morgan fingerprint density at radius 1 is 0.657 bits per heavy atom. The molecule has 0 aliphatic rings. The Hall–Kier alpha value is -0.870. The van der Waals surface area contributed by atoms with Crippen molar-refractivity contribution in [2.45, 2.75) is 174 Å². The quantitative estimate of drug-likeness (QED) is 0.0791. The van der Waals surface area contributed by atoms with Crippen molar-refractivity contribution in [2.24, 2.45) is 0 Å². The van der Waals surface area contributed by atoms with Crippen molar-refractivity contribution in [1.29, 1.82) is 0 Å². The number of hydrogen-bond acceptors (Lipinski definition) is 3. The molecular formula is C31H61NO3. The van der Waals surface area contributed by atoms with Gasteiger partial charge in [-0.05, 0) is 32.1 Å². The Kier molecular flexibility index (Phi) is 27.0. The first-order chi connectivity index (χ1) is 17.2. The minimum atomic E-state index is -0.663. The average molecular weight is 496 g/mol. The number of amides is 1. The molecule has 0 rings (SSSR count). The van der Waals surface area contributed by atoms with Gasteiger partial charge in [0.2, 0.25) is 5.91 Å². The molecule has 0 saturated carbocycles. The summed E-state index contributed by atoms with van der Waals surface area (Å²) >= 11 is 0. The standard InChI is InChI=1S/C31H61NO3/c1-3-5-7-9-11-13-14-15-16-17-19-20-22-24-26-30(34)29(28-33)32-31(35)27-25-23-21-18-12-10-8-6-4-2/h18,21,29-30,33-34H,3-17,19-20,22-28H2,1-2H3,(H,32,35)/b21-18-. The van der Waals surface area contributed by atoms with Crippen molar-refractivity contribution in [3.05, 3.63) is 12.2 Å². The van der Waals surface area contributed by atoms with E-state index in [1.54, 1.807) is 0 Å². The molecule has 3 N–H and O–H groups in total. The predicted molar refractivity (Wildman–Crippen MR) is 152 cm³/mol. The van der Waals surface area contributed by atoms with Crippen LogP contribution < -0.4 is 5.32 Å². The summed E-state index contributed by atoms with van der Waals surface area (Å²) in [6, 6.07) is -0.543. The van der Waals surface area contributed by atoms with Crippen LogP contribution in [-0.2, 0) is 4.79 Å². The molecule has 0 saturated heterocycles. The highest BCUT2D eigenvalue weighted by atomic mass is 16.3. The van der Waals surface area contributed by atoms with E-state index in [0.717, 1.165) is 32.1 Å². The minimum absolute atomic E-state index is 0.0691. The molecule has 0 aromatic heterocycles. The zero-order valence-corrected chi connectivity index (χ0v) is 23.6. The fourth-order valence-corrected chi connectivity index (χ4v) is 4.60. The van der Waals surface area contributed by atoms with Crippen LogP contribution in [0.1, 0.15) is 162 Å². The molecule has 35 heavy (non-hydrogen) atoms. The average Bonchev–Trinajstić information content (AvgIpc) is 2.86. The molecule has 2 atom stereocenters. The second-order valence-electron chi connectivity index (χ2n) is 10.5. The Morgan fingerprint density at radius 2 is 1.09 bits per heavy atom. The zero-order chi connectivity index (χ0) is 25.8. The van der Waals surface area contributed by atoms with E-state index in [1.807, 2.05) is 0 Å². The van der Waals surface area contributed by atoms with Gasteiger partial charge < -0.3 is 15.5 Å². The molecule has 0 aliphatic heterocycles. The van der Waals surface area contributed by atoms with Gasteiger partial charge in [0.05, 0.1) is 18.8 Å². The maximum atomic E-state index is 12.2. The molecule has 0 aliphatic carbocycles. The number of carbonyl (C=O) groups excluding carboxylic acids is 1. The largest absolute Gasteiger partial charge is 0.394 e. The van der Waals surface area contributed by atoms with Crippen molar-refractivity contribution >= 4 is 5.91 Å². The summed E-state index contributed by atoms with van der Waals surface area (Å²) < 4.78 is 0. The molecule has 0 radical (unpaired) electrons. The van der Waals surface area contributed by atoms with Gasteiger partial charge in [0.25, 0.3) is 0 Å². The molecule has 4 heteroatoms. The van der Waals surface area contributed by atoms with Crippen molar-refractivity contribution in [1.82, 2.24) is 5.32 Å². The molecule has 0 aromatic rings. The van der Waals surface area contributed by atoms with Gasteiger partial charge in [0, 0.05) is 6.42 Å². The van der Waals surface area contributed by atoms with Gasteiger partial charge in [0.15, 0.2) is 0 Å². The van der Waals surface area contributed by atoms with Crippen LogP contribution in [-0.4, -0.2) is 34.9 Å². The van der Waals surface area contributed by atoms with Crippen LogP contribution in [0.2, 0.25) is 0 Å². The van der Waals surface area contributed by atoms with Gasteiger partial charge in [-0.1, -0.05) is 135 Å². The molecule has 0 bridgehead atoms. The first-order valence-corrected chi connectivity index (χ1v) is 15.4. The Labute approximate surface area is 218 Å². The lowest BCUT2D eigenvalue weighted by Crippen LogP contribution is -2.45. The number of nitrogens with one attached hydrogen (secondary N) is 1. The third-order valence-corrected chi connectivity index (χ3v) is 7.03. The Bertz CT molecular complexity index is 466. The van der Waals surface area contributed by atoms with Gasteiger partial charge in [-0.25, -0.2) is 0 Å². The topological polar surface area (TPSA) is 69.6 Å². The van der Waals surface area contributed by atoms with Crippen LogP contribution in [0, 0.1) is 0 Å². The summed E-state index contributed by atoms with van der Waals surface area (Å²) in [6.45, 7) is 4.29. The van der Waals surface area contributed by atoms with E-state index in [4.69, 9.17) is 0 Å². The second-order valence-corrected chi connectivity index (χ2v) is 10.5. The van der Waals surface area contributed by atoms with E-state index >= 15 is 0 Å². The maximum absolute atomic E-state index is 12.2. The van der Waals surface area contributed by atoms with Gasteiger partial charge >= 0.3 is 0 Å². The summed E-state index contributed by atoms with van der Waals surface area (Å²) in [6.07, 6.45) is 31.2. The molecule has 0 fully saturated rings. The van der Waals surface area contributed by atoms with E-state index in [1.165, 1.54) is 103 Å². The highest BCUT2D eigenvalue weighted by Gasteiger charge is 2.19. The van der Waals surface area contributed by atoms with Crippen molar-refractivity contribution < 1.29 is 15.0 Å². The van der Waals surface area contributed by atoms with E-state index in [-0.39, 0.29) is 12.5 Å². The lowest BCUT2D eigenvalue weighted by Gasteiger charge is -2.22. The summed E-state index contributed by atoms with van der Waals surface area (Å²) in [7, 11) is 0. The third-order valence-electron chi connectivity index (χ3n) is 7.03. The normalized spacial score (nSPS) is 13.4. The number of hydrogen-bond donors (Lipinski definition) is 3. The van der Waals surface area contributed by atoms with Gasteiger partial charge in [-0.2, -0.15) is 0 Å². The van der Waals surface area contributed by atoms with Crippen LogP contribution in [0.15, 0.2) is 12.2 Å². The van der Waals surface area contributed by atoms with E-state index in [9.17, 15) is 15.0 Å². The van der Waals surface area contributed by atoms with Crippen LogP contribution in [0.25, 0.3) is 0 Å².